The molecule has 0 saturated heterocycles. The average Bonchev–Trinajstić information content (AvgIpc) is 2.69. The minimum absolute atomic E-state index is 0.144. The fraction of sp³-hybridized carbons (Fsp3) is 0.636. The van der Waals surface area contributed by atoms with E-state index in [1.807, 2.05) is 27.9 Å². The van der Waals surface area contributed by atoms with Gasteiger partial charge in [0, 0.05) is 13.1 Å². The molecule has 0 spiro atoms. The van der Waals surface area contributed by atoms with E-state index in [-0.39, 0.29) is 6.42 Å². The first kappa shape index (κ1) is 12.7. The third-order valence-electron chi connectivity index (χ3n) is 2.35. The Morgan fingerprint density at radius 1 is 1.50 bits per heavy atom. The van der Waals surface area contributed by atoms with Crippen molar-refractivity contribution < 1.29 is 19.2 Å². The molecule has 0 bridgehead atoms. The molecule has 0 amide bonds. The number of aliphatic carboxylic acids is 1. The lowest BCUT2D eigenvalue weighted by Gasteiger charge is -1.99. The molecule has 0 radical (unpaired) electrons. The van der Waals surface area contributed by atoms with Crippen molar-refractivity contribution in [1.29, 1.82) is 0 Å². The van der Waals surface area contributed by atoms with Gasteiger partial charge in [0.1, 0.15) is 18.9 Å². The lowest BCUT2D eigenvalue weighted by Crippen LogP contribution is -2.31. The molecule has 0 atom stereocenters. The second kappa shape index (κ2) is 7.00. The lowest BCUT2D eigenvalue weighted by molar-refractivity contribution is -0.696. The van der Waals surface area contributed by atoms with E-state index < -0.39 is 5.97 Å². The second-order valence-corrected chi connectivity index (χ2v) is 3.71. The summed E-state index contributed by atoms with van der Waals surface area (Å²) in [5.41, 5.74) is 0. The fourth-order valence-electron chi connectivity index (χ4n) is 1.46. The standard InChI is InChI=1S/C11H18N2O3/c1-16-9-8-13-7-6-12(10-13)5-3-2-4-11(14)15/h6-7,10H,2-5,8-9H2,1H3. The number of methoxy groups -OCH3 is 1. The molecule has 5 nitrogen and oxygen atoms in total. The number of carbonyl (C=O) groups is 1. The van der Waals surface area contributed by atoms with Crippen LogP contribution in [0.5, 0.6) is 0 Å². The van der Waals surface area contributed by atoms with Crippen LogP contribution in [0.4, 0.5) is 0 Å². The molecule has 0 N–H and O–H groups in total. The first-order valence-electron chi connectivity index (χ1n) is 5.46. The van der Waals surface area contributed by atoms with Crippen LogP contribution in [0.1, 0.15) is 19.3 Å². The number of hydrogen-bond donors (Lipinski definition) is 0. The van der Waals surface area contributed by atoms with Crippen LogP contribution in [0.15, 0.2) is 18.7 Å². The summed E-state index contributed by atoms with van der Waals surface area (Å²) >= 11 is 0. The van der Waals surface area contributed by atoms with Crippen molar-refractivity contribution in [2.45, 2.75) is 32.4 Å². The van der Waals surface area contributed by atoms with Crippen molar-refractivity contribution in [3.63, 3.8) is 0 Å². The number of hydrogen-bond acceptors (Lipinski definition) is 3. The fourth-order valence-corrected chi connectivity index (χ4v) is 1.46. The van der Waals surface area contributed by atoms with Gasteiger partial charge in [-0.25, -0.2) is 9.13 Å². The van der Waals surface area contributed by atoms with Crippen LogP contribution in [0.3, 0.4) is 0 Å². The van der Waals surface area contributed by atoms with Crippen LogP contribution in [0.25, 0.3) is 0 Å². The van der Waals surface area contributed by atoms with E-state index in [4.69, 9.17) is 4.74 Å². The zero-order valence-corrected chi connectivity index (χ0v) is 9.59. The van der Waals surface area contributed by atoms with Crippen molar-refractivity contribution >= 4 is 5.97 Å². The number of aromatic nitrogens is 2. The Morgan fingerprint density at radius 3 is 3.00 bits per heavy atom. The molecule has 0 aliphatic carbocycles. The smallest absolute Gasteiger partial charge is 0.243 e. The van der Waals surface area contributed by atoms with Gasteiger partial charge >= 0.3 is 0 Å². The molecule has 1 aromatic heterocycles. The van der Waals surface area contributed by atoms with Crippen LogP contribution in [0.2, 0.25) is 0 Å². The predicted molar refractivity (Wildman–Crippen MR) is 55.4 cm³/mol. The molecule has 0 aliphatic heterocycles. The first-order valence-corrected chi connectivity index (χ1v) is 5.46. The summed E-state index contributed by atoms with van der Waals surface area (Å²) in [7, 11) is 1.68. The molecule has 90 valence electrons. The molecule has 0 unspecified atom stereocenters. The van der Waals surface area contributed by atoms with Gasteiger partial charge in [0.05, 0.1) is 13.2 Å². The maximum atomic E-state index is 10.2. The van der Waals surface area contributed by atoms with E-state index in [0.717, 1.165) is 19.5 Å². The van der Waals surface area contributed by atoms with Gasteiger partial charge in [0.25, 0.3) is 0 Å². The van der Waals surface area contributed by atoms with Gasteiger partial charge in [0.2, 0.25) is 6.33 Å². The summed E-state index contributed by atoms with van der Waals surface area (Å²) in [5.74, 6) is -0.970. The third-order valence-corrected chi connectivity index (χ3v) is 2.35. The highest BCUT2D eigenvalue weighted by Crippen LogP contribution is 1.94. The quantitative estimate of drug-likeness (QED) is 0.437. The number of imidazole rings is 1. The molecule has 1 rings (SSSR count). The average molecular weight is 226 g/mol. The summed E-state index contributed by atoms with van der Waals surface area (Å²) < 4.78 is 9.07. The normalized spacial score (nSPS) is 10.6. The van der Waals surface area contributed by atoms with Gasteiger partial charge < -0.3 is 14.6 Å². The van der Waals surface area contributed by atoms with Gasteiger partial charge in [-0.15, -0.1) is 0 Å². The highest BCUT2D eigenvalue weighted by Gasteiger charge is 2.02. The summed E-state index contributed by atoms with van der Waals surface area (Å²) in [5, 5.41) is 10.2. The van der Waals surface area contributed by atoms with Gasteiger partial charge in [0.15, 0.2) is 0 Å². The molecule has 1 aromatic rings. The zero-order chi connectivity index (χ0) is 11.8. The number of carbonyl (C=O) groups excluding carboxylic acids is 1. The number of unbranched alkanes of at least 4 members (excludes halogenated alkanes) is 1. The highest BCUT2D eigenvalue weighted by molar-refractivity contribution is 5.63. The minimum Gasteiger partial charge on any atom is -0.550 e. The maximum Gasteiger partial charge on any atom is 0.243 e. The largest absolute Gasteiger partial charge is 0.550 e. The molecule has 5 heteroatoms. The Balaban J connectivity index is 2.21. The van der Waals surface area contributed by atoms with Crippen LogP contribution >= 0.6 is 0 Å². The van der Waals surface area contributed by atoms with Crippen molar-refractivity contribution in [2.24, 2.45) is 0 Å². The van der Waals surface area contributed by atoms with Crippen molar-refractivity contribution in [2.75, 3.05) is 13.7 Å². The molecule has 0 saturated carbocycles. The Labute approximate surface area is 95.3 Å². The van der Waals surface area contributed by atoms with Crippen molar-refractivity contribution in [1.82, 2.24) is 4.57 Å². The SMILES string of the molecule is COCCn1cc[n+](CCCCC(=O)[O-])c1. The molecule has 16 heavy (non-hydrogen) atoms. The predicted octanol–water partition coefficient (Wildman–Crippen LogP) is -0.658. The van der Waals surface area contributed by atoms with Crippen LogP contribution in [-0.4, -0.2) is 24.3 Å². The van der Waals surface area contributed by atoms with Gasteiger partial charge in [-0.1, -0.05) is 0 Å². The molecule has 1 heterocycles. The van der Waals surface area contributed by atoms with E-state index in [1.54, 1.807) is 7.11 Å². The topological polar surface area (TPSA) is 58.2 Å². The third kappa shape index (κ3) is 4.93. The van der Waals surface area contributed by atoms with Crippen LogP contribution in [0, 0.1) is 0 Å². The second-order valence-electron chi connectivity index (χ2n) is 3.71. The summed E-state index contributed by atoms with van der Waals surface area (Å²) in [6.45, 7) is 2.37. The van der Waals surface area contributed by atoms with Gasteiger partial charge in [-0.05, 0) is 19.3 Å². The molecular weight excluding hydrogens is 208 g/mol. The molecule has 0 aromatic carbocycles. The summed E-state index contributed by atoms with van der Waals surface area (Å²) in [6.07, 6.45) is 7.63. The molecule has 0 aliphatic rings. The van der Waals surface area contributed by atoms with Crippen molar-refractivity contribution in [3.05, 3.63) is 18.7 Å². The Kier molecular flexibility index (Phi) is 5.56. The lowest BCUT2D eigenvalue weighted by atomic mass is 10.2. The van der Waals surface area contributed by atoms with E-state index in [9.17, 15) is 9.90 Å². The Hall–Kier alpha value is -1.36. The maximum absolute atomic E-state index is 10.2. The van der Waals surface area contributed by atoms with Crippen LogP contribution < -0.4 is 9.67 Å². The number of carboxylic acid groups (broad SMARTS) is 1. The van der Waals surface area contributed by atoms with E-state index in [1.165, 1.54) is 0 Å². The van der Waals surface area contributed by atoms with E-state index >= 15 is 0 Å². The molecule has 0 fully saturated rings. The van der Waals surface area contributed by atoms with E-state index in [0.29, 0.717) is 13.0 Å². The number of nitrogens with zero attached hydrogens (tertiary/aromatic N) is 2. The summed E-state index contributed by atoms with van der Waals surface area (Å²) in [6, 6.07) is 0. The number of carboxylic acids is 1. The Morgan fingerprint density at radius 2 is 2.31 bits per heavy atom. The van der Waals surface area contributed by atoms with Crippen molar-refractivity contribution in [3.8, 4) is 0 Å². The minimum atomic E-state index is -0.970. The summed E-state index contributed by atoms with van der Waals surface area (Å²) in [4.78, 5) is 10.2. The molecular formula is C11H18N2O3. The number of aryl methyl sites for hydroxylation is 1. The number of rotatable bonds is 8. The first-order chi connectivity index (χ1) is 7.72. The highest BCUT2D eigenvalue weighted by atomic mass is 16.5. The van der Waals surface area contributed by atoms with E-state index in [2.05, 4.69) is 0 Å². The van der Waals surface area contributed by atoms with Gasteiger partial charge in [-0.2, -0.15) is 0 Å². The Bertz CT molecular complexity index is 323. The van der Waals surface area contributed by atoms with Gasteiger partial charge in [-0.3, -0.25) is 0 Å². The van der Waals surface area contributed by atoms with Crippen LogP contribution in [-0.2, 0) is 22.6 Å². The number of ether oxygens (including phenoxy) is 1. The monoisotopic (exact) mass is 226 g/mol. The zero-order valence-electron chi connectivity index (χ0n) is 9.59.